The smallest absolute Gasteiger partial charge is 0.251 e. The second kappa shape index (κ2) is 9.74. The van der Waals surface area contributed by atoms with Crippen LogP contribution < -0.4 is 15.5 Å². The van der Waals surface area contributed by atoms with Crippen molar-refractivity contribution in [1.82, 2.24) is 15.6 Å². The molecule has 6 heteroatoms. The molecule has 1 aromatic rings. The summed E-state index contributed by atoms with van der Waals surface area (Å²) < 4.78 is 0. The first-order chi connectivity index (χ1) is 10.6. The number of amides is 1. The molecule has 0 fully saturated rings. The molecule has 0 unspecified atom stereocenters. The number of hydrogen-bond donors (Lipinski definition) is 2. The maximum Gasteiger partial charge on any atom is 0.251 e. The molecule has 1 heterocycles. The fourth-order valence-electron chi connectivity index (χ4n) is 1.98. The minimum atomic E-state index is -0.167. The number of nitrogens with one attached hydrogen (secondary N) is 2. The minimum Gasteiger partial charge on any atom is -0.360 e. The molecular formula is C16H25N5O. The number of hydrogen-bond acceptors (Lipinski definition) is 5. The van der Waals surface area contributed by atoms with E-state index < -0.39 is 0 Å². The average molecular weight is 303 g/mol. The fraction of sp³-hybridized carbons (Fsp3) is 0.562. The number of aromatic nitrogens is 1. The molecule has 22 heavy (non-hydrogen) atoms. The van der Waals surface area contributed by atoms with E-state index in [2.05, 4.69) is 22.5 Å². The van der Waals surface area contributed by atoms with Gasteiger partial charge >= 0.3 is 0 Å². The van der Waals surface area contributed by atoms with Crippen LogP contribution in [0.1, 0.15) is 42.2 Å². The monoisotopic (exact) mass is 303 g/mol. The van der Waals surface area contributed by atoms with Crippen molar-refractivity contribution in [1.29, 1.82) is 5.26 Å². The largest absolute Gasteiger partial charge is 0.360 e. The standard InChI is InChI=1S/C16H25N5O/c1-4-5-9-21(3)15-11-13(10-14(12-17)20-15)16(22)19-8-6-7-18-2/h10-11,18H,4-9H2,1-3H3,(H,19,22). The van der Waals surface area contributed by atoms with Crippen molar-refractivity contribution in [3.05, 3.63) is 23.4 Å². The molecule has 0 bridgehead atoms. The number of anilines is 1. The molecule has 0 aliphatic heterocycles. The lowest BCUT2D eigenvalue weighted by Crippen LogP contribution is -2.27. The zero-order valence-electron chi connectivity index (χ0n) is 13.6. The normalized spacial score (nSPS) is 10.1. The summed E-state index contributed by atoms with van der Waals surface area (Å²) in [5.74, 6) is 0.494. The predicted molar refractivity (Wildman–Crippen MR) is 88.0 cm³/mol. The zero-order valence-corrected chi connectivity index (χ0v) is 13.6. The van der Waals surface area contributed by atoms with E-state index in [4.69, 9.17) is 5.26 Å². The van der Waals surface area contributed by atoms with Crippen LogP contribution in [0.25, 0.3) is 0 Å². The molecule has 120 valence electrons. The summed E-state index contributed by atoms with van der Waals surface area (Å²) >= 11 is 0. The van der Waals surface area contributed by atoms with Gasteiger partial charge in [0.25, 0.3) is 5.91 Å². The van der Waals surface area contributed by atoms with E-state index >= 15 is 0 Å². The van der Waals surface area contributed by atoms with Crippen molar-refractivity contribution >= 4 is 11.7 Å². The molecule has 0 spiro atoms. The van der Waals surface area contributed by atoms with Gasteiger partial charge in [0.15, 0.2) is 0 Å². The second-order valence-electron chi connectivity index (χ2n) is 5.20. The quantitative estimate of drug-likeness (QED) is 0.676. The van der Waals surface area contributed by atoms with Crippen molar-refractivity contribution in [3.63, 3.8) is 0 Å². The minimum absolute atomic E-state index is 0.167. The molecule has 0 saturated heterocycles. The highest BCUT2D eigenvalue weighted by Gasteiger charge is 2.12. The van der Waals surface area contributed by atoms with E-state index in [1.54, 1.807) is 6.07 Å². The molecule has 0 radical (unpaired) electrons. The van der Waals surface area contributed by atoms with E-state index in [0.717, 1.165) is 32.4 Å². The molecule has 2 N–H and O–H groups in total. The van der Waals surface area contributed by atoms with Gasteiger partial charge in [-0.25, -0.2) is 4.98 Å². The SMILES string of the molecule is CCCCN(C)c1cc(C(=O)NCCCNC)cc(C#N)n1. The lowest BCUT2D eigenvalue weighted by molar-refractivity contribution is 0.0953. The Balaban J connectivity index is 2.81. The summed E-state index contributed by atoms with van der Waals surface area (Å²) in [6.45, 7) is 4.43. The van der Waals surface area contributed by atoms with Crippen LogP contribution in [0, 0.1) is 11.3 Å². The van der Waals surface area contributed by atoms with Crippen LogP contribution in [0.15, 0.2) is 12.1 Å². The van der Waals surface area contributed by atoms with E-state index in [1.807, 2.05) is 25.1 Å². The van der Waals surface area contributed by atoms with Crippen molar-refractivity contribution in [2.45, 2.75) is 26.2 Å². The van der Waals surface area contributed by atoms with Crippen LogP contribution in [-0.2, 0) is 0 Å². The first-order valence-electron chi connectivity index (χ1n) is 7.68. The lowest BCUT2D eigenvalue weighted by atomic mass is 10.2. The third kappa shape index (κ3) is 5.70. The molecule has 0 aliphatic rings. The number of pyridine rings is 1. The molecule has 1 amide bonds. The molecular weight excluding hydrogens is 278 g/mol. The number of rotatable bonds is 9. The number of nitrogens with zero attached hydrogens (tertiary/aromatic N) is 3. The molecule has 0 aromatic carbocycles. The number of unbranched alkanes of at least 4 members (excludes halogenated alkanes) is 1. The average Bonchev–Trinajstić information content (AvgIpc) is 2.55. The molecule has 1 aromatic heterocycles. The molecule has 1 rings (SSSR count). The lowest BCUT2D eigenvalue weighted by Gasteiger charge is -2.18. The Morgan fingerprint density at radius 3 is 2.77 bits per heavy atom. The van der Waals surface area contributed by atoms with Gasteiger partial charge < -0.3 is 15.5 Å². The number of nitriles is 1. The predicted octanol–water partition coefficient (Wildman–Crippen LogP) is 1.53. The van der Waals surface area contributed by atoms with Crippen LogP contribution in [0.3, 0.4) is 0 Å². The van der Waals surface area contributed by atoms with E-state index in [9.17, 15) is 4.79 Å². The Hall–Kier alpha value is -2.13. The van der Waals surface area contributed by atoms with Crippen LogP contribution >= 0.6 is 0 Å². The van der Waals surface area contributed by atoms with Crippen LogP contribution in [0.2, 0.25) is 0 Å². The van der Waals surface area contributed by atoms with Gasteiger partial charge in [-0.3, -0.25) is 4.79 Å². The van der Waals surface area contributed by atoms with Crippen molar-refractivity contribution < 1.29 is 4.79 Å². The third-order valence-electron chi connectivity index (χ3n) is 3.32. The maximum atomic E-state index is 12.2. The Bertz CT molecular complexity index is 524. The number of carbonyl (C=O) groups excluding carboxylic acids is 1. The van der Waals surface area contributed by atoms with Crippen molar-refractivity contribution in [2.75, 3.05) is 38.6 Å². The summed E-state index contributed by atoms with van der Waals surface area (Å²) in [5, 5.41) is 15.0. The molecule has 6 nitrogen and oxygen atoms in total. The molecule has 0 aliphatic carbocycles. The van der Waals surface area contributed by atoms with Gasteiger partial charge in [0, 0.05) is 25.7 Å². The summed E-state index contributed by atoms with van der Waals surface area (Å²) in [6, 6.07) is 5.29. The van der Waals surface area contributed by atoms with Gasteiger partial charge in [-0.1, -0.05) is 13.3 Å². The van der Waals surface area contributed by atoms with Crippen molar-refractivity contribution in [2.24, 2.45) is 0 Å². The highest BCUT2D eigenvalue weighted by atomic mass is 16.1. The summed E-state index contributed by atoms with van der Waals surface area (Å²) in [6.07, 6.45) is 2.99. The zero-order chi connectivity index (χ0) is 16.4. The van der Waals surface area contributed by atoms with Gasteiger partial charge in [0.05, 0.1) is 0 Å². The Kier molecular flexibility index (Phi) is 7.94. The van der Waals surface area contributed by atoms with Crippen LogP contribution in [-0.4, -0.2) is 44.6 Å². The second-order valence-corrected chi connectivity index (χ2v) is 5.20. The van der Waals surface area contributed by atoms with E-state index in [1.165, 1.54) is 6.07 Å². The first kappa shape index (κ1) is 17.9. The Morgan fingerprint density at radius 1 is 1.36 bits per heavy atom. The van der Waals surface area contributed by atoms with E-state index in [0.29, 0.717) is 17.9 Å². The first-order valence-corrected chi connectivity index (χ1v) is 7.68. The molecule has 0 saturated carbocycles. The Labute approximate surface area is 132 Å². The van der Waals surface area contributed by atoms with Gasteiger partial charge in [-0.15, -0.1) is 0 Å². The summed E-state index contributed by atoms with van der Waals surface area (Å²) in [7, 11) is 3.80. The third-order valence-corrected chi connectivity index (χ3v) is 3.32. The Morgan fingerprint density at radius 2 is 2.14 bits per heavy atom. The number of carbonyl (C=O) groups is 1. The van der Waals surface area contributed by atoms with Gasteiger partial charge in [-0.05, 0) is 38.6 Å². The summed E-state index contributed by atoms with van der Waals surface area (Å²) in [5.41, 5.74) is 0.746. The van der Waals surface area contributed by atoms with Gasteiger partial charge in [0.2, 0.25) is 0 Å². The van der Waals surface area contributed by atoms with Crippen LogP contribution in [0.5, 0.6) is 0 Å². The fourth-order valence-corrected chi connectivity index (χ4v) is 1.98. The topological polar surface area (TPSA) is 81.0 Å². The van der Waals surface area contributed by atoms with E-state index in [-0.39, 0.29) is 11.6 Å². The highest BCUT2D eigenvalue weighted by Crippen LogP contribution is 2.14. The summed E-state index contributed by atoms with van der Waals surface area (Å²) in [4.78, 5) is 18.4. The van der Waals surface area contributed by atoms with Crippen LogP contribution in [0.4, 0.5) is 5.82 Å². The van der Waals surface area contributed by atoms with Crippen molar-refractivity contribution in [3.8, 4) is 6.07 Å². The molecule has 0 atom stereocenters. The van der Waals surface area contributed by atoms with Gasteiger partial charge in [0.1, 0.15) is 17.6 Å². The van der Waals surface area contributed by atoms with Gasteiger partial charge in [-0.2, -0.15) is 5.26 Å². The highest BCUT2D eigenvalue weighted by molar-refractivity contribution is 5.95. The maximum absolute atomic E-state index is 12.2.